The fourth-order valence-corrected chi connectivity index (χ4v) is 4.85. The molecule has 4 N–H and O–H groups in total. The third-order valence-electron chi connectivity index (χ3n) is 7.17. The highest BCUT2D eigenvalue weighted by atomic mass is 19.1. The van der Waals surface area contributed by atoms with Crippen molar-refractivity contribution in [1.82, 2.24) is 35.1 Å². The summed E-state index contributed by atoms with van der Waals surface area (Å²) in [5.74, 6) is -0.0185. The van der Waals surface area contributed by atoms with Crippen LogP contribution in [0.25, 0.3) is 22.2 Å². The quantitative estimate of drug-likeness (QED) is 0.186. The molecule has 1 aromatic carbocycles. The van der Waals surface area contributed by atoms with Crippen LogP contribution in [0.15, 0.2) is 48.9 Å². The molecule has 0 spiro atoms. The van der Waals surface area contributed by atoms with E-state index in [-0.39, 0.29) is 24.2 Å². The molecule has 4 aromatic rings. The molecule has 5 rings (SSSR count). The SMILES string of the molecule is CNCCOc1ccc(Nc2ncc(F)c(-c3c[nH]c4c(NC(=O)C(COC)N5CCN(C)CC5)cccc34)n2)cn1. The van der Waals surface area contributed by atoms with Gasteiger partial charge in [-0.15, -0.1) is 0 Å². The number of carbonyl (C=O) groups is 1. The second kappa shape index (κ2) is 13.7. The van der Waals surface area contributed by atoms with Gasteiger partial charge < -0.3 is 35.3 Å². The smallest absolute Gasteiger partial charge is 0.244 e. The maximum atomic E-state index is 15.0. The molecule has 222 valence electrons. The van der Waals surface area contributed by atoms with Gasteiger partial charge in [0.05, 0.1) is 35.9 Å². The van der Waals surface area contributed by atoms with Crippen LogP contribution in [0.4, 0.5) is 21.7 Å². The number of methoxy groups -OCH3 is 1. The number of halogens is 1. The minimum absolute atomic E-state index is 0.122. The highest BCUT2D eigenvalue weighted by molar-refractivity contribution is 6.06. The second-order valence-electron chi connectivity index (χ2n) is 10.1. The zero-order valence-corrected chi connectivity index (χ0v) is 24.0. The minimum Gasteiger partial charge on any atom is -0.476 e. The van der Waals surface area contributed by atoms with Gasteiger partial charge in [-0.1, -0.05) is 12.1 Å². The molecular formula is C29H36FN9O3. The first-order chi connectivity index (χ1) is 20.5. The van der Waals surface area contributed by atoms with Gasteiger partial charge in [-0.3, -0.25) is 9.69 Å². The predicted molar refractivity (Wildman–Crippen MR) is 160 cm³/mol. The number of aromatic nitrogens is 4. The summed E-state index contributed by atoms with van der Waals surface area (Å²) >= 11 is 0. The molecule has 1 saturated heterocycles. The highest BCUT2D eigenvalue weighted by Gasteiger charge is 2.29. The topological polar surface area (TPSA) is 133 Å². The normalized spacial score (nSPS) is 15.0. The largest absolute Gasteiger partial charge is 0.476 e. The Labute approximate surface area is 243 Å². The first-order valence-electron chi connectivity index (χ1n) is 13.8. The van der Waals surface area contributed by atoms with Gasteiger partial charge in [0.25, 0.3) is 0 Å². The van der Waals surface area contributed by atoms with Crippen LogP contribution in [0, 0.1) is 5.82 Å². The van der Waals surface area contributed by atoms with Crippen LogP contribution in [0.1, 0.15) is 0 Å². The Morgan fingerprint density at radius 1 is 1.14 bits per heavy atom. The number of benzene rings is 1. The van der Waals surface area contributed by atoms with Crippen LogP contribution in [0.5, 0.6) is 5.88 Å². The molecule has 4 heterocycles. The van der Waals surface area contributed by atoms with Crippen LogP contribution in [-0.2, 0) is 9.53 Å². The molecule has 1 fully saturated rings. The van der Waals surface area contributed by atoms with Gasteiger partial charge in [0.2, 0.25) is 17.7 Å². The lowest BCUT2D eigenvalue weighted by molar-refractivity contribution is -0.124. The van der Waals surface area contributed by atoms with Crippen molar-refractivity contribution >= 4 is 34.1 Å². The molecule has 1 unspecified atom stereocenters. The van der Waals surface area contributed by atoms with Gasteiger partial charge in [0, 0.05) is 63.0 Å². The number of nitrogens with zero attached hydrogens (tertiary/aromatic N) is 5. The summed E-state index contributed by atoms with van der Waals surface area (Å²) in [4.78, 5) is 33.8. The molecule has 1 atom stereocenters. The van der Waals surface area contributed by atoms with E-state index in [2.05, 4.69) is 52.7 Å². The number of rotatable bonds is 12. The lowest BCUT2D eigenvalue weighted by atomic mass is 10.1. The Kier molecular flexibility index (Phi) is 9.54. The van der Waals surface area contributed by atoms with Crippen LogP contribution >= 0.6 is 0 Å². The Morgan fingerprint density at radius 2 is 1.98 bits per heavy atom. The van der Waals surface area contributed by atoms with E-state index in [0.29, 0.717) is 46.9 Å². The third kappa shape index (κ3) is 6.82. The molecular weight excluding hydrogens is 541 g/mol. The molecule has 42 heavy (non-hydrogen) atoms. The monoisotopic (exact) mass is 577 g/mol. The highest BCUT2D eigenvalue weighted by Crippen LogP contribution is 2.33. The van der Waals surface area contributed by atoms with Gasteiger partial charge >= 0.3 is 0 Å². The number of H-pyrrole nitrogens is 1. The number of anilines is 3. The van der Waals surface area contributed by atoms with Crippen LogP contribution < -0.4 is 20.7 Å². The fraction of sp³-hybridized carbons (Fsp3) is 0.379. The van der Waals surface area contributed by atoms with Crippen molar-refractivity contribution in [3.63, 3.8) is 0 Å². The second-order valence-corrected chi connectivity index (χ2v) is 10.1. The lowest BCUT2D eigenvalue weighted by Crippen LogP contribution is -2.54. The zero-order valence-electron chi connectivity index (χ0n) is 24.0. The number of pyridine rings is 1. The van der Waals surface area contributed by atoms with Gasteiger partial charge in [-0.05, 0) is 26.2 Å². The fourth-order valence-electron chi connectivity index (χ4n) is 4.85. The summed E-state index contributed by atoms with van der Waals surface area (Å²) in [5.41, 5.74) is 2.55. The summed E-state index contributed by atoms with van der Waals surface area (Å²) in [6, 6.07) is 8.59. The summed E-state index contributed by atoms with van der Waals surface area (Å²) in [5, 5.41) is 9.84. The zero-order chi connectivity index (χ0) is 29.5. The van der Waals surface area contributed by atoms with Crippen molar-refractivity contribution in [1.29, 1.82) is 0 Å². The number of hydrogen-bond acceptors (Lipinski definition) is 10. The van der Waals surface area contributed by atoms with Crippen molar-refractivity contribution in [3.05, 3.63) is 54.7 Å². The van der Waals surface area contributed by atoms with Crippen LogP contribution in [-0.4, -0.2) is 109 Å². The van der Waals surface area contributed by atoms with Crippen LogP contribution in [0.2, 0.25) is 0 Å². The third-order valence-corrected chi connectivity index (χ3v) is 7.17. The number of carbonyl (C=O) groups excluding carboxylic acids is 1. The number of likely N-dealkylation sites (N-methyl/N-ethyl adjacent to an activating group) is 2. The first-order valence-corrected chi connectivity index (χ1v) is 13.8. The Hall–Kier alpha value is -4.17. The van der Waals surface area contributed by atoms with Crippen molar-refractivity contribution in [2.24, 2.45) is 0 Å². The molecule has 12 nitrogen and oxygen atoms in total. The van der Waals surface area contributed by atoms with E-state index in [0.717, 1.165) is 32.4 Å². The van der Waals surface area contributed by atoms with E-state index in [1.165, 1.54) is 0 Å². The van der Waals surface area contributed by atoms with Crippen molar-refractivity contribution in [2.75, 3.05) is 77.8 Å². The number of fused-ring (bicyclic) bond motifs is 1. The first kappa shape index (κ1) is 29.3. The molecule has 0 saturated carbocycles. The van der Waals surface area contributed by atoms with E-state index >= 15 is 4.39 Å². The van der Waals surface area contributed by atoms with E-state index in [9.17, 15) is 4.79 Å². The number of amides is 1. The van der Waals surface area contributed by atoms with Crippen molar-refractivity contribution in [2.45, 2.75) is 6.04 Å². The molecule has 13 heteroatoms. The summed E-state index contributed by atoms with van der Waals surface area (Å²) in [6.45, 7) is 4.83. The minimum atomic E-state index is -0.572. The Morgan fingerprint density at radius 3 is 2.71 bits per heavy atom. The summed E-state index contributed by atoms with van der Waals surface area (Å²) < 4.78 is 26.0. The lowest BCUT2D eigenvalue weighted by Gasteiger charge is -2.36. The predicted octanol–water partition coefficient (Wildman–Crippen LogP) is 2.70. The molecule has 3 aromatic heterocycles. The number of para-hydroxylation sites is 1. The molecule has 1 aliphatic heterocycles. The number of piperazine rings is 1. The molecule has 0 aliphatic carbocycles. The maximum absolute atomic E-state index is 15.0. The average molecular weight is 578 g/mol. The number of nitrogens with one attached hydrogen (secondary N) is 4. The molecule has 1 aliphatic rings. The maximum Gasteiger partial charge on any atom is 0.244 e. The number of hydrogen-bond donors (Lipinski definition) is 4. The van der Waals surface area contributed by atoms with E-state index in [1.807, 2.05) is 25.2 Å². The van der Waals surface area contributed by atoms with E-state index in [4.69, 9.17) is 9.47 Å². The van der Waals surface area contributed by atoms with Crippen molar-refractivity contribution in [3.8, 4) is 17.1 Å². The number of aromatic amines is 1. The van der Waals surface area contributed by atoms with Crippen molar-refractivity contribution < 1.29 is 18.7 Å². The van der Waals surface area contributed by atoms with Gasteiger partial charge in [-0.2, -0.15) is 0 Å². The molecule has 0 radical (unpaired) electrons. The van der Waals surface area contributed by atoms with Gasteiger partial charge in [0.15, 0.2) is 5.82 Å². The number of ether oxygens (including phenoxy) is 2. The van der Waals surface area contributed by atoms with E-state index in [1.54, 1.807) is 31.6 Å². The summed E-state index contributed by atoms with van der Waals surface area (Å²) in [7, 11) is 5.52. The molecule has 0 bridgehead atoms. The van der Waals surface area contributed by atoms with Crippen LogP contribution in [0.3, 0.4) is 0 Å². The average Bonchev–Trinajstić information content (AvgIpc) is 3.43. The summed E-state index contributed by atoms with van der Waals surface area (Å²) in [6.07, 6.45) is 4.41. The van der Waals surface area contributed by atoms with Gasteiger partial charge in [-0.25, -0.2) is 19.3 Å². The Balaban J connectivity index is 1.34. The van der Waals surface area contributed by atoms with Gasteiger partial charge in [0.1, 0.15) is 18.3 Å². The van der Waals surface area contributed by atoms with E-state index < -0.39 is 11.9 Å². The molecule has 1 amide bonds. The standard InChI is InChI=1S/C29H36FN9O3/c1-31-9-14-42-25-8-7-19(15-32-25)35-29-34-17-22(30)26(37-29)21-16-33-27-20(21)5-4-6-23(27)36-28(40)24(18-41-3)39-12-10-38(2)11-13-39/h4-8,15-17,24,31,33H,9-14,18H2,1-3H3,(H,36,40)(H,34,35,37). The Bertz CT molecular complexity index is 1490.